The molecule has 2 heteroatoms. The van der Waals surface area contributed by atoms with Crippen molar-refractivity contribution in [2.24, 2.45) is 0 Å². The van der Waals surface area contributed by atoms with E-state index in [-0.39, 0.29) is 8.07 Å². The topological polar surface area (TPSA) is 3.24 Å². The maximum absolute atomic E-state index is 2.68. The first-order valence-electron chi connectivity index (χ1n) is 9.97. The molecule has 0 aliphatic heterocycles. The fourth-order valence-electron chi connectivity index (χ4n) is 4.27. The maximum Gasteiger partial charge on any atom is 0.0363 e. The van der Waals surface area contributed by atoms with E-state index in [1.54, 1.807) is 0 Å². The predicted octanol–water partition coefficient (Wildman–Crippen LogP) is 7.77. The second-order valence-electron chi connectivity index (χ2n) is 7.79. The molecule has 0 N–H and O–H groups in total. The Morgan fingerprint density at radius 1 is 0.571 bits per heavy atom. The summed E-state index contributed by atoms with van der Waals surface area (Å²) in [6, 6.07) is 31.8. The predicted molar refractivity (Wildman–Crippen MR) is 125 cm³/mol. The molecular weight excluding hydrogens is 357 g/mol. The molecule has 1 nitrogen and oxygen atoms in total. The van der Waals surface area contributed by atoms with Crippen LogP contribution in [0.3, 0.4) is 0 Å². The first-order chi connectivity index (χ1) is 13.5. The van der Waals surface area contributed by atoms with Crippen LogP contribution in [0.15, 0.2) is 84.9 Å². The van der Waals surface area contributed by atoms with Gasteiger partial charge in [0.1, 0.15) is 0 Å². The number of rotatable bonds is 5. The van der Waals surface area contributed by atoms with Gasteiger partial charge in [-0.05, 0) is 80.1 Å². The van der Waals surface area contributed by atoms with Crippen molar-refractivity contribution in [3.8, 4) is 0 Å². The molecule has 0 aromatic heterocycles. The Morgan fingerprint density at radius 2 is 0.964 bits per heavy atom. The van der Waals surface area contributed by atoms with Crippen LogP contribution in [0.2, 0.25) is 0 Å². The van der Waals surface area contributed by atoms with Gasteiger partial charge in [0.25, 0.3) is 0 Å². The van der Waals surface area contributed by atoms with Crippen LogP contribution in [0, 0.1) is 0 Å². The van der Waals surface area contributed by atoms with E-state index in [0.29, 0.717) is 12.1 Å². The lowest BCUT2D eigenvalue weighted by atomic mass is 9.99. The standard InChI is InChI=1S/C26H28NP/c1-19(23-15-13-21-9-5-7-11-25(21)17-23)27(28(3)4)20(2)24-16-14-22-10-6-8-12-26(22)18-24/h5-20H,1-4H3/t19-,20-/m1/s1. The van der Waals surface area contributed by atoms with E-state index >= 15 is 0 Å². The zero-order valence-electron chi connectivity index (χ0n) is 17.1. The van der Waals surface area contributed by atoms with E-state index in [1.807, 2.05) is 0 Å². The zero-order chi connectivity index (χ0) is 19.7. The first-order valence-corrected chi connectivity index (χ1v) is 12.2. The summed E-state index contributed by atoms with van der Waals surface area (Å²) in [6.07, 6.45) is 0. The highest BCUT2D eigenvalue weighted by atomic mass is 31.1. The summed E-state index contributed by atoms with van der Waals surface area (Å²) < 4.78 is 2.68. The van der Waals surface area contributed by atoms with Crippen molar-refractivity contribution in [2.75, 3.05) is 13.3 Å². The van der Waals surface area contributed by atoms with Gasteiger partial charge in [-0.25, -0.2) is 0 Å². The molecule has 0 heterocycles. The molecule has 0 aliphatic carbocycles. The van der Waals surface area contributed by atoms with Gasteiger partial charge in [-0.2, -0.15) is 0 Å². The van der Waals surface area contributed by atoms with Crippen LogP contribution in [0.1, 0.15) is 37.1 Å². The molecule has 4 aromatic rings. The number of hydrogen-bond donors (Lipinski definition) is 0. The second kappa shape index (κ2) is 8.03. The van der Waals surface area contributed by atoms with Gasteiger partial charge in [0.05, 0.1) is 0 Å². The summed E-state index contributed by atoms with van der Waals surface area (Å²) >= 11 is 0. The van der Waals surface area contributed by atoms with Gasteiger partial charge in [0.15, 0.2) is 0 Å². The Labute approximate surface area is 169 Å². The Morgan fingerprint density at radius 3 is 1.36 bits per heavy atom. The van der Waals surface area contributed by atoms with E-state index in [2.05, 4.69) is 117 Å². The molecule has 0 radical (unpaired) electrons. The van der Waals surface area contributed by atoms with E-state index in [4.69, 9.17) is 0 Å². The SMILES string of the molecule is C[C@H](c1ccc2ccccc2c1)N([C@H](C)c1ccc2ccccc2c1)P(C)C. The van der Waals surface area contributed by atoms with E-state index in [0.717, 1.165) is 0 Å². The number of fused-ring (bicyclic) bond motifs is 2. The van der Waals surface area contributed by atoms with Crippen molar-refractivity contribution in [1.29, 1.82) is 0 Å². The summed E-state index contributed by atoms with van der Waals surface area (Å²) in [7, 11) is -0.243. The number of benzene rings is 4. The minimum atomic E-state index is -0.243. The molecule has 0 aliphatic rings. The van der Waals surface area contributed by atoms with Gasteiger partial charge in [-0.1, -0.05) is 72.8 Å². The Balaban J connectivity index is 1.69. The van der Waals surface area contributed by atoms with E-state index in [9.17, 15) is 0 Å². The normalized spacial score (nSPS) is 14.1. The number of hydrogen-bond acceptors (Lipinski definition) is 1. The van der Waals surface area contributed by atoms with Crippen molar-refractivity contribution < 1.29 is 0 Å². The first kappa shape index (κ1) is 19.1. The highest BCUT2D eigenvalue weighted by Crippen LogP contribution is 2.47. The van der Waals surface area contributed by atoms with Crippen molar-refractivity contribution in [1.82, 2.24) is 4.67 Å². The minimum Gasteiger partial charge on any atom is -0.268 e. The van der Waals surface area contributed by atoms with Crippen molar-refractivity contribution in [3.05, 3.63) is 96.1 Å². The van der Waals surface area contributed by atoms with Gasteiger partial charge >= 0.3 is 0 Å². The molecule has 4 aromatic carbocycles. The minimum absolute atomic E-state index is 0.243. The van der Waals surface area contributed by atoms with Crippen molar-refractivity contribution >= 4 is 29.6 Å². The average Bonchev–Trinajstić information content (AvgIpc) is 2.72. The molecule has 0 bridgehead atoms. The lowest BCUT2D eigenvalue weighted by Crippen LogP contribution is -2.25. The molecule has 28 heavy (non-hydrogen) atoms. The van der Waals surface area contributed by atoms with Crippen LogP contribution < -0.4 is 0 Å². The van der Waals surface area contributed by atoms with Crippen LogP contribution in [0.5, 0.6) is 0 Å². The van der Waals surface area contributed by atoms with Crippen LogP contribution in [-0.4, -0.2) is 18.0 Å². The molecular formula is C26H28NP. The summed E-state index contributed by atoms with van der Waals surface area (Å²) in [5.74, 6) is 0. The zero-order valence-corrected chi connectivity index (χ0v) is 18.0. The summed E-state index contributed by atoms with van der Waals surface area (Å²) in [4.78, 5) is 0. The average molecular weight is 385 g/mol. The molecule has 4 rings (SSSR count). The van der Waals surface area contributed by atoms with Crippen LogP contribution in [0.25, 0.3) is 21.5 Å². The van der Waals surface area contributed by atoms with E-state index < -0.39 is 0 Å². The molecule has 0 saturated carbocycles. The second-order valence-corrected chi connectivity index (χ2v) is 9.95. The molecule has 2 atom stereocenters. The van der Waals surface area contributed by atoms with Gasteiger partial charge in [-0.15, -0.1) is 0 Å². The van der Waals surface area contributed by atoms with Gasteiger partial charge in [0, 0.05) is 12.1 Å². The van der Waals surface area contributed by atoms with Gasteiger partial charge < -0.3 is 0 Å². The third-order valence-electron chi connectivity index (χ3n) is 5.77. The molecule has 0 unspecified atom stereocenters. The lowest BCUT2D eigenvalue weighted by molar-refractivity contribution is 0.301. The smallest absolute Gasteiger partial charge is 0.0363 e. The summed E-state index contributed by atoms with van der Waals surface area (Å²) in [5.41, 5.74) is 2.78. The van der Waals surface area contributed by atoms with Crippen molar-refractivity contribution in [2.45, 2.75) is 25.9 Å². The highest BCUT2D eigenvalue weighted by Gasteiger charge is 2.25. The molecule has 0 spiro atoms. The highest BCUT2D eigenvalue weighted by molar-refractivity contribution is 7.53. The quantitative estimate of drug-likeness (QED) is 0.317. The Kier molecular flexibility index (Phi) is 5.49. The fourth-order valence-corrected chi connectivity index (χ4v) is 5.92. The summed E-state index contributed by atoms with van der Waals surface area (Å²) in [6.45, 7) is 9.43. The van der Waals surface area contributed by atoms with Crippen molar-refractivity contribution in [3.63, 3.8) is 0 Å². The van der Waals surface area contributed by atoms with Crippen LogP contribution in [0.4, 0.5) is 0 Å². The maximum atomic E-state index is 2.68. The summed E-state index contributed by atoms with van der Waals surface area (Å²) in [5, 5.41) is 5.26. The van der Waals surface area contributed by atoms with Gasteiger partial charge in [0.2, 0.25) is 0 Å². The Bertz CT molecular complexity index is 1020. The van der Waals surface area contributed by atoms with Crippen LogP contribution in [-0.2, 0) is 0 Å². The monoisotopic (exact) mass is 385 g/mol. The molecule has 0 fully saturated rings. The third-order valence-corrected chi connectivity index (χ3v) is 7.38. The van der Waals surface area contributed by atoms with Crippen LogP contribution >= 0.6 is 8.07 Å². The number of nitrogens with zero attached hydrogens (tertiary/aromatic N) is 1. The van der Waals surface area contributed by atoms with E-state index in [1.165, 1.54) is 32.7 Å². The molecule has 142 valence electrons. The molecule has 0 amide bonds. The third kappa shape index (κ3) is 3.70. The lowest BCUT2D eigenvalue weighted by Gasteiger charge is -2.38. The fraction of sp³-hybridized carbons (Fsp3) is 0.231. The largest absolute Gasteiger partial charge is 0.268 e. The van der Waals surface area contributed by atoms with Gasteiger partial charge in [-0.3, -0.25) is 4.67 Å². The molecule has 0 saturated heterocycles. The Hall–Kier alpha value is -2.21.